The van der Waals surface area contributed by atoms with Crippen molar-refractivity contribution >= 4 is 50.7 Å². The fourth-order valence-electron chi connectivity index (χ4n) is 7.91. The molecule has 1 atom stereocenters. The smallest absolute Gasteiger partial charge is 0.486 e. The highest BCUT2D eigenvalue weighted by atomic mass is 32.2. The van der Waals surface area contributed by atoms with Crippen LogP contribution in [0.5, 0.6) is 11.5 Å². The Morgan fingerprint density at radius 2 is 1.68 bits per heavy atom. The minimum absolute atomic E-state index is 0.0759. The second kappa shape index (κ2) is 18.2. The summed E-state index contributed by atoms with van der Waals surface area (Å²) in [6.07, 6.45) is -4.57. The average molecular weight is 904 g/mol. The van der Waals surface area contributed by atoms with Crippen molar-refractivity contribution in [1.82, 2.24) is 9.37 Å². The summed E-state index contributed by atoms with van der Waals surface area (Å²) >= 11 is 1.47. The Kier molecular flexibility index (Phi) is 12.5. The van der Waals surface area contributed by atoms with Crippen molar-refractivity contribution in [2.24, 2.45) is 0 Å². The van der Waals surface area contributed by atoms with Crippen LogP contribution >= 0.6 is 11.8 Å². The first kappa shape index (κ1) is 43.3. The summed E-state index contributed by atoms with van der Waals surface area (Å²) in [4.78, 5) is 46.0. The summed E-state index contributed by atoms with van der Waals surface area (Å²) in [5.74, 6) is -2.67. The van der Waals surface area contributed by atoms with Gasteiger partial charge in [-0.05, 0) is 94.2 Å². The minimum atomic E-state index is -5.69. The first-order valence-corrected chi connectivity index (χ1v) is 22.4. The van der Waals surface area contributed by atoms with Gasteiger partial charge in [-0.2, -0.15) is 21.6 Å². The lowest BCUT2D eigenvalue weighted by Crippen LogP contribution is -2.54. The van der Waals surface area contributed by atoms with E-state index in [-0.39, 0.29) is 23.8 Å². The molecular formula is C44H40F3N5O9S2. The van der Waals surface area contributed by atoms with Crippen molar-refractivity contribution in [1.29, 1.82) is 0 Å². The number of alkyl halides is 3. The van der Waals surface area contributed by atoms with Crippen molar-refractivity contribution in [3.05, 3.63) is 136 Å². The van der Waals surface area contributed by atoms with Crippen molar-refractivity contribution in [2.75, 3.05) is 55.4 Å². The summed E-state index contributed by atoms with van der Waals surface area (Å²) in [7, 11) is -5.46. The van der Waals surface area contributed by atoms with E-state index in [4.69, 9.17) is 9.47 Å². The number of amides is 1. The molecule has 0 aromatic heterocycles. The number of nitrogens with one attached hydrogen (secondary N) is 1. The molecule has 14 nitrogen and oxygen atoms in total. The lowest BCUT2D eigenvalue weighted by atomic mass is 9.92. The zero-order valence-electron chi connectivity index (χ0n) is 33.5. The molecule has 5 aromatic carbocycles. The van der Waals surface area contributed by atoms with Crippen LogP contribution in [0.15, 0.2) is 119 Å². The number of ether oxygens (including phenoxy) is 2. The van der Waals surface area contributed by atoms with E-state index in [9.17, 15) is 41.3 Å². The molecule has 19 heteroatoms. The van der Waals surface area contributed by atoms with Gasteiger partial charge in [0.15, 0.2) is 11.5 Å². The molecule has 0 saturated carbocycles. The molecule has 3 aliphatic heterocycles. The predicted octanol–water partition coefficient (Wildman–Crippen LogP) is 7.73. The standard InChI is InChI=1S/C44H40F3N5O9S2/c45-44(46,47)43(54)61-52(63(57,58)35-14-15-37(39(26-35)51(55)56)48-18-23-62-34-7-2-1-3-8-34)42(53)31-11-16-38-30(24-31)10-13-33-28-49(19-20-50(33)38)27-32-6-4-5-9-36(32)29-12-17-40-41(25-29)60-22-21-59-40/h1-9,11-12,14-17,24-26,33,48H,10,13,18-23,27-28H2/t33-/m1/s1. The van der Waals surface area contributed by atoms with Crippen molar-refractivity contribution in [3.63, 3.8) is 0 Å². The number of nitro groups is 1. The molecule has 0 bridgehead atoms. The maximum Gasteiger partial charge on any atom is 0.493 e. The molecule has 0 radical (unpaired) electrons. The molecule has 0 spiro atoms. The van der Waals surface area contributed by atoms with Crippen LogP contribution in [-0.2, 0) is 32.6 Å². The van der Waals surface area contributed by atoms with Crippen LogP contribution < -0.4 is 19.7 Å². The normalized spacial score (nSPS) is 16.0. The third kappa shape index (κ3) is 9.54. The van der Waals surface area contributed by atoms with Crippen molar-refractivity contribution in [2.45, 2.75) is 41.4 Å². The molecular weight excluding hydrogens is 864 g/mol. The number of aryl methyl sites for hydroxylation is 1. The fourth-order valence-corrected chi connectivity index (χ4v) is 9.88. The van der Waals surface area contributed by atoms with E-state index in [2.05, 4.69) is 32.1 Å². The topological polar surface area (TPSA) is 161 Å². The number of rotatable bonds is 12. The number of carbonyl (C=O) groups excluding carboxylic acids is 2. The molecule has 3 heterocycles. The maximum atomic E-state index is 13.9. The molecule has 3 aliphatic rings. The summed E-state index contributed by atoms with van der Waals surface area (Å²) in [5.41, 5.74) is 3.48. The monoisotopic (exact) mass is 903 g/mol. The zero-order chi connectivity index (χ0) is 44.3. The van der Waals surface area contributed by atoms with E-state index in [1.807, 2.05) is 60.7 Å². The van der Waals surface area contributed by atoms with Gasteiger partial charge in [-0.25, -0.2) is 4.79 Å². The van der Waals surface area contributed by atoms with E-state index >= 15 is 0 Å². The first-order chi connectivity index (χ1) is 30.3. The van der Waals surface area contributed by atoms with Gasteiger partial charge in [0, 0.05) is 66.7 Å². The largest absolute Gasteiger partial charge is 0.493 e. The Morgan fingerprint density at radius 1 is 0.921 bits per heavy atom. The van der Waals surface area contributed by atoms with Crippen LogP contribution in [0, 0.1) is 10.1 Å². The molecule has 1 amide bonds. The van der Waals surface area contributed by atoms with Gasteiger partial charge in [0.05, 0.1) is 9.82 Å². The van der Waals surface area contributed by atoms with Crippen LogP contribution in [0.3, 0.4) is 0 Å². The number of fused-ring (bicyclic) bond motifs is 4. The third-order valence-corrected chi connectivity index (χ3v) is 13.4. The molecule has 0 aliphatic carbocycles. The van der Waals surface area contributed by atoms with Gasteiger partial charge in [-0.3, -0.25) is 19.8 Å². The number of hydrogen-bond acceptors (Lipinski definition) is 13. The van der Waals surface area contributed by atoms with E-state index in [0.717, 1.165) is 46.0 Å². The third-order valence-electron chi connectivity index (χ3n) is 10.9. The minimum Gasteiger partial charge on any atom is -0.486 e. The number of nitro benzene ring substituents is 1. The van der Waals surface area contributed by atoms with Gasteiger partial charge >= 0.3 is 18.1 Å². The number of piperazine rings is 1. The second-order valence-corrected chi connectivity index (χ2v) is 17.8. The van der Waals surface area contributed by atoms with Crippen LogP contribution in [0.2, 0.25) is 0 Å². The number of sulfonamides is 1. The Balaban J connectivity index is 0.981. The molecule has 328 valence electrons. The number of nitrogens with zero attached hydrogens (tertiary/aromatic N) is 4. The SMILES string of the molecule is O=C(c1ccc2c(c1)CC[C@@H]1CN(Cc3ccccc3-c3ccc4c(c3)OCCO4)CCN21)N(OC(=O)C(F)(F)F)S(=O)(=O)c1ccc(NCCSc2ccccc2)c([N+](=O)[O-])c1. The van der Waals surface area contributed by atoms with Crippen molar-refractivity contribution < 1.29 is 50.4 Å². The van der Waals surface area contributed by atoms with Gasteiger partial charge in [-0.1, -0.05) is 48.5 Å². The summed E-state index contributed by atoms with van der Waals surface area (Å²) in [5, 5.41) is 14.9. The Labute approximate surface area is 364 Å². The molecule has 1 saturated heterocycles. The predicted molar refractivity (Wildman–Crippen MR) is 228 cm³/mol. The average Bonchev–Trinajstić information content (AvgIpc) is 3.29. The summed E-state index contributed by atoms with van der Waals surface area (Å²) < 4.78 is 79.2. The number of halogens is 3. The van der Waals surface area contributed by atoms with Gasteiger partial charge < -0.3 is 24.5 Å². The number of hydrogen-bond donors (Lipinski definition) is 1. The van der Waals surface area contributed by atoms with Gasteiger partial charge in [0.2, 0.25) is 0 Å². The highest BCUT2D eigenvalue weighted by Crippen LogP contribution is 2.38. The van der Waals surface area contributed by atoms with E-state index in [0.29, 0.717) is 74.6 Å². The second-order valence-electron chi connectivity index (χ2n) is 14.9. The quantitative estimate of drug-likeness (QED) is 0.0562. The van der Waals surface area contributed by atoms with Crippen LogP contribution in [0.4, 0.5) is 30.2 Å². The van der Waals surface area contributed by atoms with Gasteiger partial charge in [-0.15, -0.1) is 11.8 Å². The Hall–Kier alpha value is -6.31. The highest BCUT2D eigenvalue weighted by Gasteiger charge is 2.47. The maximum absolute atomic E-state index is 13.9. The number of carbonyl (C=O) groups is 2. The summed E-state index contributed by atoms with van der Waals surface area (Å²) in [6.45, 7) is 3.95. The van der Waals surface area contributed by atoms with Gasteiger partial charge in [0.25, 0.3) is 15.7 Å². The Bertz CT molecular complexity index is 2650. The lowest BCUT2D eigenvalue weighted by molar-refractivity contribution is -0.384. The van der Waals surface area contributed by atoms with E-state index < -0.39 is 48.1 Å². The molecule has 8 rings (SSSR count). The molecule has 1 fully saturated rings. The van der Waals surface area contributed by atoms with Crippen molar-refractivity contribution in [3.8, 4) is 22.6 Å². The van der Waals surface area contributed by atoms with Gasteiger partial charge in [0.1, 0.15) is 18.9 Å². The zero-order valence-corrected chi connectivity index (χ0v) is 35.1. The molecule has 0 unspecified atom stereocenters. The lowest BCUT2D eigenvalue weighted by Gasteiger charge is -2.46. The van der Waals surface area contributed by atoms with E-state index in [1.165, 1.54) is 23.9 Å². The highest BCUT2D eigenvalue weighted by molar-refractivity contribution is 7.99. The summed E-state index contributed by atoms with van der Waals surface area (Å²) in [6, 6.07) is 30.3. The van der Waals surface area contributed by atoms with Crippen LogP contribution in [-0.4, -0.2) is 91.9 Å². The molecule has 63 heavy (non-hydrogen) atoms. The van der Waals surface area contributed by atoms with Crippen LogP contribution in [0.25, 0.3) is 11.1 Å². The Morgan fingerprint density at radius 3 is 2.46 bits per heavy atom. The number of benzene rings is 5. The van der Waals surface area contributed by atoms with E-state index in [1.54, 1.807) is 6.07 Å². The first-order valence-electron chi connectivity index (χ1n) is 19.9. The number of anilines is 2. The molecule has 5 aromatic rings. The number of thioether (sulfide) groups is 1. The fraction of sp³-hybridized carbons (Fsp3) is 0.273. The molecule has 1 N–H and O–H groups in total. The number of hydroxylamine groups is 1. The van der Waals surface area contributed by atoms with Crippen LogP contribution in [0.1, 0.15) is 27.9 Å².